The summed E-state index contributed by atoms with van der Waals surface area (Å²) in [6, 6.07) is 15.2. The molecule has 3 rings (SSSR count). The summed E-state index contributed by atoms with van der Waals surface area (Å²) in [5, 5.41) is 2.69. The number of benzene rings is 3. The molecule has 0 spiro atoms. The van der Waals surface area contributed by atoms with Crippen molar-refractivity contribution in [2.45, 2.75) is 17.1 Å². The predicted octanol–water partition coefficient (Wildman–Crippen LogP) is 4.74. The van der Waals surface area contributed by atoms with Gasteiger partial charge in [-0.1, -0.05) is 12.1 Å². The molecule has 3 aromatic carbocycles. The van der Waals surface area contributed by atoms with Gasteiger partial charge in [-0.3, -0.25) is 9.10 Å². The molecule has 3 aromatic rings. The fourth-order valence-electron chi connectivity index (χ4n) is 3.02. The molecule has 180 valence electrons. The van der Waals surface area contributed by atoms with E-state index in [1.165, 1.54) is 24.3 Å². The third-order valence-corrected chi connectivity index (χ3v) is 7.68. The zero-order valence-electron chi connectivity index (χ0n) is 18.1. The van der Waals surface area contributed by atoms with Crippen molar-refractivity contribution in [1.82, 2.24) is 5.32 Å². The molecule has 5 nitrogen and oxygen atoms in total. The van der Waals surface area contributed by atoms with E-state index in [0.29, 0.717) is 18.7 Å². The molecule has 0 unspecified atom stereocenters. The summed E-state index contributed by atoms with van der Waals surface area (Å²) in [4.78, 5) is 12.3. The SMILES string of the molecule is O=C(CN(c1ccc(F)cc1)S(=O)(=O)c1ccc(F)cc1)NCCCSCc1ccc(F)cc1. The topological polar surface area (TPSA) is 66.5 Å². The maximum atomic E-state index is 13.4. The van der Waals surface area contributed by atoms with Gasteiger partial charge >= 0.3 is 0 Å². The quantitative estimate of drug-likeness (QED) is 0.380. The minimum atomic E-state index is -4.20. The molecule has 0 heterocycles. The van der Waals surface area contributed by atoms with Gasteiger partial charge in [-0.15, -0.1) is 0 Å². The second kappa shape index (κ2) is 11.9. The molecular formula is C24H23F3N2O3S2. The Hall–Kier alpha value is -2.98. The van der Waals surface area contributed by atoms with Crippen LogP contribution in [0.1, 0.15) is 12.0 Å². The molecule has 0 bridgehead atoms. The van der Waals surface area contributed by atoms with Crippen molar-refractivity contribution >= 4 is 33.4 Å². The van der Waals surface area contributed by atoms with Crippen molar-refractivity contribution in [2.75, 3.05) is 23.1 Å². The molecule has 0 aliphatic carbocycles. The van der Waals surface area contributed by atoms with Crippen LogP contribution in [0.25, 0.3) is 0 Å². The number of carbonyl (C=O) groups excluding carboxylic acids is 1. The van der Waals surface area contributed by atoms with Crippen LogP contribution in [0.2, 0.25) is 0 Å². The average molecular weight is 509 g/mol. The third kappa shape index (κ3) is 7.26. The number of rotatable bonds is 11. The summed E-state index contributed by atoms with van der Waals surface area (Å²) in [6.07, 6.45) is 0.652. The van der Waals surface area contributed by atoms with Gasteiger partial charge in [-0.25, -0.2) is 21.6 Å². The molecule has 1 N–H and O–H groups in total. The fraction of sp³-hybridized carbons (Fsp3) is 0.208. The number of nitrogens with zero attached hydrogens (tertiary/aromatic N) is 1. The summed E-state index contributed by atoms with van der Waals surface area (Å²) < 4.78 is 66.7. The number of amides is 1. The fourth-order valence-corrected chi connectivity index (χ4v) is 5.36. The van der Waals surface area contributed by atoms with Gasteiger partial charge in [0.25, 0.3) is 10.0 Å². The van der Waals surface area contributed by atoms with Crippen LogP contribution in [-0.4, -0.2) is 33.2 Å². The first-order chi connectivity index (χ1) is 16.3. The summed E-state index contributed by atoms with van der Waals surface area (Å²) in [7, 11) is -4.20. The van der Waals surface area contributed by atoms with Gasteiger partial charge in [-0.2, -0.15) is 11.8 Å². The largest absolute Gasteiger partial charge is 0.354 e. The van der Waals surface area contributed by atoms with E-state index in [4.69, 9.17) is 0 Å². The number of carbonyl (C=O) groups is 1. The standard InChI is InChI=1S/C24H23F3N2O3S2/c25-19-4-2-18(3-5-19)17-33-15-1-14-28-24(30)16-29(22-10-6-20(26)7-11-22)34(31,32)23-12-8-21(27)9-13-23/h2-13H,1,14-17H2,(H,28,30). The number of thioether (sulfide) groups is 1. The molecule has 0 atom stereocenters. The van der Waals surface area contributed by atoms with Gasteiger partial charge < -0.3 is 5.32 Å². The minimum absolute atomic E-state index is 0.107. The van der Waals surface area contributed by atoms with Crippen molar-refractivity contribution in [2.24, 2.45) is 0 Å². The highest BCUT2D eigenvalue weighted by atomic mass is 32.2. The predicted molar refractivity (Wildman–Crippen MR) is 128 cm³/mol. The maximum Gasteiger partial charge on any atom is 0.264 e. The van der Waals surface area contributed by atoms with Crippen LogP contribution in [0.3, 0.4) is 0 Å². The third-order valence-electron chi connectivity index (χ3n) is 4.77. The molecule has 1 amide bonds. The van der Waals surface area contributed by atoms with Crippen LogP contribution in [0.15, 0.2) is 77.7 Å². The van der Waals surface area contributed by atoms with E-state index in [1.807, 2.05) is 0 Å². The van der Waals surface area contributed by atoms with Crippen LogP contribution in [0, 0.1) is 17.5 Å². The zero-order valence-corrected chi connectivity index (χ0v) is 19.7. The molecule has 0 fully saturated rings. The Bertz CT molecular complexity index is 1190. The number of halogens is 3. The summed E-state index contributed by atoms with van der Waals surface area (Å²) in [5.41, 5.74) is 1.10. The number of hydrogen-bond acceptors (Lipinski definition) is 4. The molecule has 0 aliphatic rings. The number of hydrogen-bond donors (Lipinski definition) is 1. The summed E-state index contributed by atoms with van der Waals surface area (Å²) in [5.74, 6) is -0.505. The highest BCUT2D eigenvalue weighted by molar-refractivity contribution is 7.98. The van der Waals surface area contributed by atoms with E-state index >= 15 is 0 Å². The summed E-state index contributed by atoms with van der Waals surface area (Å²) >= 11 is 1.63. The Morgan fingerprint density at radius 3 is 1.94 bits per heavy atom. The lowest BCUT2D eigenvalue weighted by Gasteiger charge is -2.24. The lowest BCUT2D eigenvalue weighted by molar-refractivity contribution is -0.119. The van der Waals surface area contributed by atoms with Gasteiger partial charge in [0.2, 0.25) is 5.91 Å². The lowest BCUT2D eigenvalue weighted by Crippen LogP contribution is -2.41. The van der Waals surface area contributed by atoms with E-state index in [-0.39, 0.29) is 16.4 Å². The minimum Gasteiger partial charge on any atom is -0.354 e. The van der Waals surface area contributed by atoms with E-state index in [2.05, 4.69) is 5.32 Å². The molecule has 0 aromatic heterocycles. The van der Waals surface area contributed by atoms with Crippen molar-refractivity contribution in [1.29, 1.82) is 0 Å². The molecule has 0 saturated carbocycles. The Labute approximate surface area is 201 Å². The van der Waals surface area contributed by atoms with E-state index in [0.717, 1.165) is 52.0 Å². The van der Waals surface area contributed by atoms with Crippen molar-refractivity contribution < 1.29 is 26.4 Å². The van der Waals surface area contributed by atoms with Crippen LogP contribution in [0.4, 0.5) is 18.9 Å². The van der Waals surface area contributed by atoms with Gasteiger partial charge in [-0.05, 0) is 78.4 Å². The summed E-state index contributed by atoms with van der Waals surface area (Å²) in [6.45, 7) is -0.183. The van der Waals surface area contributed by atoms with Gasteiger partial charge in [0.05, 0.1) is 10.6 Å². The molecule has 10 heteroatoms. The van der Waals surface area contributed by atoms with Gasteiger partial charge in [0.15, 0.2) is 0 Å². The Kier molecular flexibility index (Phi) is 9.00. The van der Waals surface area contributed by atoms with E-state index in [9.17, 15) is 26.4 Å². The van der Waals surface area contributed by atoms with Crippen molar-refractivity contribution in [3.63, 3.8) is 0 Å². The number of nitrogens with one attached hydrogen (secondary N) is 1. The first kappa shape index (κ1) is 25.6. The normalized spacial score (nSPS) is 11.3. The highest BCUT2D eigenvalue weighted by Gasteiger charge is 2.27. The Morgan fingerprint density at radius 2 is 1.35 bits per heavy atom. The Morgan fingerprint density at radius 1 is 0.824 bits per heavy atom. The first-order valence-electron chi connectivity index (χ1n) is 10.4. The van der Waals surface area contributed by atoms with Crippen LogP contribution in [0.5, 0.6) is 0 Å². The van der Waals surface area contributed by atoms with Crippen molar-refractivity contribution in [3.8, 4) is 0 Å². The Balaban J connectivity index is 1.57. The monoisotopic (exact) mass is 508 g/mol. The molecule has 0 aliphatic heterocycles. The second-order valence-electron chi connectivity index (χ2n) is 7.32. The van der Waals surface area contributed by atoms with Gasteiger partial charge in [0.1, 0.15) is 24.0 Å². The van der Waals surface area contributed by atoms with Crippen LogP contribution < -0.4 is 9.62 Å². The first-order valence-corrected chi connectivity index (χ1v) is 13.0. The molecule has 0 radical (unpaired) electrons. The van der Waals surface area contributed by atoms with Crippen molar-refractivity contribution in [3.05, 3.63) is 95.8 Å². The average Bonchev–Trinajstić information content (AvgIpc) is 2.82. The molecular weight excluding hydrogens is 485 g/mol. The highest BCUT2D eigenvalue weighted by Crippen LogP contribution is 2.24. The smallest absolute Gasteiger partial charge is 0.264 e. The lowest BCUT2D eigenvalue weighted by atomic mass is 10.2. The van der Waals surface area contributed by atoms with Crippen LogP contribution >= 0.6 is 11.8 Å². The van der Waals surface area contributed by atoms with Crippen LogP contribution in [-0.2, 0) is 20.6 Å². The number of anilines is 1. The van der Waals surface area contributed by atoms with Gasteiger partial charge in [0, 0.05) is 12.3 Å². The zero-order chi connectivity index (χ0) is 24.6. The van der Waals surface area contributed by atoms with E-state index in [1.54, 1.807) is 23.9 Å². The van der Waals surface area contributed by atoms with E-state index < -0.39 is 34.1 Å². The number of sulfonamides is 1. The second-order valence-corrected chi connectivity index (χ2v) is 10.3. The molecule has 34 heavy (non-hydrogen) atoms. The maximum absolute atomic E-state index is 13.4. The molecule has 0 saturated heterocycles.